The molecule has 0 saturated carbocycles. The minimum Gasteiger partial charge on any atom is -0.475 e. The Morgan fingerprint density at radius 1 is 1.17 bits per heavy atom. The highest BCUT2D eigenvalue weighted by Crippen LogP contribution is 2.34. The van der Waals surface area contributed by atoms with Crippen LogP contribution >= 0.6 is 0 Å². The molecule has 8 nitrogen and oxygen atoms in total. The van der Waals surface area contributed by atoms with Gasteiger partial charge in [0.15, 0.2) is 0 Å². The summed E-state index contributed by atoms with van der Waals surface area (Å²) in [6.45, 7) is 1.58. The molecule has 0 aliphatic carbocycles. The lowest BCUT2D eigenvalue weighted by Crippen LogP contribution is -2.47. The summed E-state index contributed by atoms with van der Waals surface area (Å²) in [5.74, 6) is -0.516. The van der Waals surface area contributed by atoms with Crippen LogP contribution in [0.4, 0.5) is 11.4 Å². The molecule has 1 heterocycles. The Morgan fingerprint density at radius 2 is 1.83 bits per heavy atom. The van der Waals surface area contributed by atoms with E-state index in [4.69, 9.17) is 9.47 Å². The highest BCUT2D eigenvalue weighted by Gasteiger charge is 2.34. The first-order valence-corrected chi connectivity index (χ1v) is 10.6. The number of esters is 1. The highest BCUT2D eigenvalue weighted by molar-refractivity contribution is 7.92. The number of carbonyl (C=O) groups excluding carboxylic acids is 2. The van der Waals surface area contributed by atoms with Crippen molar-refractivity contribution in [2.45, 2.75) is 13.0 Å². The van der Waals surface area contributed by atoms with Gasteiger partial charge in [0.25, 0.3) is 5.91 Å². The van der Waals surface area contributed by atoms with E-state index in [1.807, 2.05) is 0 Å². The van der Waals surface area contributed by atoms with Crippen molar-refractivity contribution in [1.29, 1.82) is 0 Å². The molecule has 154 valence electrons. The van der Waals surface area contributed by atoms with Crippen molar-refractivity contribution >= 4 is 33.3 Å². The van der Waals surface area contributed by atoms with Gasteiger partial charge in [0.1, 0.15) is 5.75 Å². The third-order valence-corrected chi connectivity index (χ3v) is 6.52. The number of anilines is 2. The number of sulfonamides is 1. The molecule has 0 fully saturated rings. The van der Waals surface area contributed by atoms with Crippen molar-refractivity contribution in [3.05, 3.63) is 54.1 Å². The van der Waals surface area contributed by atoms with Crippen LogP contribution in [0.5, 0.6) is 5.75 Å². The molecule has 2 aromatic rings. The van der Waals surface area contributed by atoms with E-state index in [-0.39, 0.29) is 18.2 Å². The highest BCUT2D eigenvalue weighted by atomic mass is 32.2. The fourth-order valence-corrected chi connectivity index (χ4v) is 3.84. The van der Waals surface area contributed by atoms with E-state index in [0.29, 0.717) is 22.7 Å². The number of amides is 1. The van der Waals surface area contributed by atoms with Crippen LogP contribution in [0.1, 0.15) is 17.3 Å². The first kappa shape index (κ1) is 20.7. The normalized spacial score (nSPS) is 15.8. The Bertz CT molecular complexity index is 1020. The van der Waals surface area contributed by atoms with Crippen molar-refractivity contribution in [2.75, 3.05) is 35.7 Å². The van der Waals surface area contributed by atoms with Crippen LogP contribution in [0, 0.1) is 0 Å². The molecule has 0 unspecified atom stereocenters. The lowest BCUT2D eigenvalue weighted by Gasteiger charge is -2.33. The van der Waals surface area contributed by atoms with Gasteiger partial charge in [-0.05, 0) is 43.3 Å². The quantitative estimate of drug-likeness (QED) is 0.690. The number of benzene rings is 2. The average molecular weight is 418 g/mol. The summed E-state index contributed by atoms with van der Waals surface area (Å²) in [6.07, 6.45) is -0.932. The molecular weight excluding hydrogens is 396 g/mol. The molecule has 9 heteroatoms. The maximum atomic E-state index is 13.1. The van der Waals surface area contributed by atoms with Crippen molar-refractivity contribution in [1.82, 2.24) is 0 Å². The van der Waals surface area contributed by atoms with Crippen LogP contribution in [-0.2, 0) is 19.6 Å². The molecule has 0 saturated heterocycles. The lowest BCUT2D eigenvalue weighted by atomic mass is 10.1. The van der Waals surface area contributed by atoms with Crippen LogP contribution in [0.2, 0.25) is 0 Å². The molecule has 1 amide bonds. The molecule has 1 aliphatic rings. The van der Waals surface area contributed by atoms with Crippen molar-refractivity contribution in [3.63, 3.8) is 0 Å². The van der Waals surface area contributed by atoms with Gasteiger partial charge in [-0.1, -0.05) is 12.1 Å². The Balaban J connectivity index is 1.90. The van der Waals surface area contributed by atoms with E-state index < -0.39 is 22.1 Å². The molecule has 0 aromatic heterocycles. The van der Waals surface area contributed by atoms with Crippen LogP contribution in [-0.4, -0.2) is 52.9 Å². The van der Waals surface area contributed by atoms with Gasteiger partial charge in [0.2, 0.25) is 16.1 Å². The van der Waals surface area contributed by atoms with E-state index in [0.717, 1.165) is 0 Å². The van der Waals surface area contributed by atoms with E-state index in [1.165, 1.54) is 23.4 Å². The largest absolute Gasteiger partial charge is 0.475 e. The maximum Gasteiger partial charge on any atom is 0.348 e. The number of rotatable bonds is 5. The van der Waals surface area contributed by atoms with E-state index in [9.17, 15) is 18.0 Å². The summed E-state index contributed by atoms with van der Waals surface area (Å²) in [5, 5.41) is 0. The predicted molar refractivity (Wildman–Crippen MR) is 109 cm³/mol. The number of para-hydroxylation sites is 2. The lowest BCUT2D eigenvalue weighted by molar-refractivity contribution is -0.148. The smallest absolute Gasteiger partial charge is 0.348 e. The number of carbonyl (C=O) groups is 2. The standard InChI is InChI=1S/C20H22N2O6S/c1-4-29(25,26)21(2)15-11-9-14(10-12-15)19(23)22-13-18(20(24)27-3)28-17-8-6-5-7-16(17)22/h5-12,18H,4,13H2,1-3H3/t18-/m0/s1. The maximum absolute atomic E-state index is 13.1. The zero-order valence-corrected chi connectivity index (χ0v) is 17.2. The summed E-state index contributed by atoms with van der Waals surface area (Å²) >= 11 is 0. The minimum atomic E-state index is -3.39. The SMILES string of the molecule is CCS(=O)(=O)N(C)c1ccc(C(=O)N2C[C@@H](C(=O)OC)Oc3ccccc32)cc1. The summed E-state index contributed by atoms with van der Waals surface area (Å²) in [4.78, 5) is 26.6. The molecule has 1 atom stereocenters. The van der Waals surface area contributed by atoms with Gasteiger partial charge >= 0.3 is 5.97 Å². The van der Waals surface area contributed by atoms with Gasteiger partial charge in [0, 0.05) is 12.6 Å². The number of methoxy groups -OCH3 is 1. The Kier molecular flexibility index (Phi) is 5.78. The molecule has 2 aromatic carbocycles. The van der Waals surface area contributed by atoms with E-state index in [1.54, 1.807) is 55.5 Å². The number of hydrogen-bond donors (Lipinski definition) is 0. The van der Waals surface area contributed by atoms with Crippen molar-refractivity contribution in [3.8, 4) is 5.75 Å². The van der Waals surface area contributed by atoms with Gasteiger partial charge in [0.05, 0.1) is 30.8 Å². The third-order valence-electron chi connectivity index (χ3n) is 4.74. The molecule has 3 rings (SSSR count). The molecule has 0 N–H and O–H groups in total. The molecule has 29 heavy (non-hydrogen) atoms. The van der Waals surface area contributed by atoms with Crippen LogP contribution in [0.3, 0.4) is 0 Å². The Morgan fingerprint density at radius 3 is 2.45 bits per heavy atom. The number of ether oxygens (including phenoxy) is 2. The first-order chi connectivity index (χ1) is 13.8. The van der Waals surface area contributed by atoms with Crippen LogP contribution in [0.15, 0.2) is 48.5 Å². The van der Waals surface area contributed by atoms with Crippen LogP contribution in [0.25, 0.3) is 0 Å². The second kappa shape index (κ2) is 8.12. The summed E-state index contributed by atoms with van der Waals surface area (Å²) in [7, 11) is -0.666. The topological polar surface area (TPSA) is 93.2 Å². The average Bonchev–Trinajstić information content (AvgIpc) is 2.76. The van der Waals surface area contributed by atoms with Gasteiger partial charge < -0.3 is 14.4 Å². The second-order valence-corrected chi connectivity index (χ2v) is 8.72. The third kappa shape index (κ3) is 4.04. The number of fused-ring (bicyclic) bond motifs is 1. The summed E-state index contributed by atoms with van der Waals surface area (Å²) in [6, 6.07) is 13.2. The fourth-order valence-electron chi connectivity index (χ4n) is 3.00. The number of hydrogen-bond acceptors (Lipinski definition) is 6. The summed E-state index contributed by atoms with van der Waals surface area (Å²) in [5.41, 5.74) is 1.36. The zero-order valence-electron chi connectivity index (χ0n) is 16.4. The molecule has 0 radical (unpaired) electrons. The van der Waals surface area contributed by atoms with E-state index in [2.05, 4.69) is 0 Å². The van der Waals surface area contributed by atoms with E-state index >= 15 is 0 Å². The second-order valence-electron chi connectivity index (χ2n) is 6.43. The van der Waals surface area contributed by atoms with Crippen molar-refractivity contribution < 1.29 is 27.5 Å². The van der Waals surface area contributed by atoms with Gasteiger partial charge in [-0.2, -0.15) is 0 Å². The van der Waals surface area contributed by atoms with Crippen molar-refractivity contribution in [2.24, 2.45) is 0 Å². The molecule has 0 spiro atoms. The first-order valence-electron chi connectivity index (χ1n) is 9.00. The zero-order chi connectivity index (χ0) is 21.2. The Labute approximate surface area is 169 Å². The van der Waals surface area contributed by atoms with Crippen LogP contribution < -0.4 is 13.9 Å². The van der Waals surface area contributed by atoms with Gasteiger partial charge in [-0.25, -0.2) is 13.2 Å². The van der Waals surface area contributed by atoms with Gasteiger partial charge in [-0.3, -0.25) is 9.10 Å². The van der Waals surface area contributed by atoms with Gasteiger partial charge in [-0.15, -0.1) is 0 Å². The fraction of sp³-hybridized carbons (Fsp3) is 0.300. The number of nitrogens with zero attached hydrogens (tertiary/aromatic N) is 2. The summed E-state index contributed by atoms with van der Waals surface area (Å²) < 4.78 is 35.6. The monoisotopic (exact) mass is 418 g/mol. The molecule has 0 bridgehead atoms. The predicted octanol–water partition coefficient (Wildman–Crippen LogP) is 2.05. The Hall–Kier alpha value is -3.07. The molecule has 1 aliphatic heterocycles. The minimum absolute atomic E-state index is 0.00832. The molecular formula is C20H22N2O6S.